The average molecular weight is 408 g/mol. The first kappa shape index (κ1) is 18.9. The van der Waals surface area contributed by atoms with Gasteiger partial charge >= 0.3 is 0 Å². The summed E-state index contributed by atoms with van der Waals surface area (Å²) in [6.45, 7) is 0. The summed E-state index contributed by atoms with van der Waals surface area (Å²) in [6.07, 6.45) is 7.57. The van der Waals surface area contributed by atoms with Crippen molar-refractivity contribution >= 4 is 34.0 Å². The second-order valence-corrected chi connectivity index (χ2v) is 7.70. The summed E-state index contributed by atoms with van der Waals surface area (Å²) in [4.78, 5) is 33.4. The summed E-state index contributed by atoms with van der Waals surface area (Å²) in [7, 11) is 0. The number of carbonyl (C=O) groups is 2. The van der Waals surface area contributed by atoms with Crippen LogP contribution in [0.3, 0.4) is 0 Å². The van der Waals surface area contributed by atoms with Gasteiger partial charge < -0.3 is 10.6 Å². The lowest BCUT2D eigenvalue weighted by molar-refractivity contribution is -0.117. The van der Waals surface area contributed by atoms with Gasteiger partial charge in [-0.2, -0.15) is 0 Å². The Labute approximate surface area is 179 Å². The molecular formula is C25H20N4O2. The van der Waals surface area contributed by atoms with Gasteiger partial charge in [0.1, 0.15) is 0 Å². The molecule has 6 nitrogen and oxygen atoms in total. The van der Waals surface area contributed by atoms with Gasteiger partial charge in [0.15, 0.2) is 0 Å². The number of anilines is 2. The molecule has 2 N–H and O–H groups in total. The average Bonchev–Trinajstić information content (AvgIpc) is 3.61. The van der Waals surface area contributed by atoms with Crippen molar-refractivity contribution in [2.24, 2.45) is 5.92 Å². The molecule has 1 aliphatic rings. The predicted molar refractivity (Wildman–Crippen MR) is 120 cm³/mol. The highest BCUT2D eigenvalue weighted by molar-refractivity contribution is 6.04. The van der Waals surface area contributed by atoms with E-state index in [0.717, 1.165) is 28.4 Å². The number of benzene rings is 2. The first-order valence-electron chi connectivity index (χ1n) is 10.1. The second-order valence-electron chi connectivity index (χ2n) is 7.70. The number of pyridine rings is 2. The lowest BCUT2D eigenvalue weighted by Gasteiger charge is -2.08. The maximum absolute atomic E-state index is 12.7. The van der Waals surface area contributed by atoms with E-state index in [0.29, 0.717) is 11.3 Å². The Morgan fingerprint density at radius 2 is 1.71 bits per heavy atom. The van der Waals surface area contributed by atoms with Crippen LogP contribution >= 0.6 is 0 Å². The van der Waals surface area contributed by atoms with Crippen LogP contribution in [0.1, 0.15) is 28.3 Å². The normalized spacial score (nSPS) is 17.2. The Morgan fingerprint density at radius 1 is 0.806 bits per heavy atom. The summed E-state index contributed by atoms with van der Waals surface area (Å²) in [5.41, 5.74) is 2.99. The smallest absolute Gasteiger partial charge is 0.255 e. The van der Waals surface area contributed by atoms with Crippen LogP contribution in [0.15, 0.2) is 85.5 Å². The van der Waals surface area contributed by atoms with Crippen molar-refractivity contribution in [3.63, 3.8) is 0 Å². The van der Waals surface area contributed by atoms with Gasteiger partial charge in [0.05, 0.1) is 11.9 Å². The summed E-state index contributed by atoms with van der Waals surface area (Å²) >= 11 is 0. The van der Waals surface area contributed by atoms with Crippen LogP contribution in [0.2, 0.25) is 0 Å². The third kappa shape index (κ3) is 4.14. The molecule has 4 aromatic rings. The fourth-order valence-corrected chi connectivity index (χ4v) is 3.80. The topological polar surface area (TPSA) is 84.0 Å². The fraction of sp³-hybridized carbons (Fsp3) is 0.120. The molecule has 0 bridgehead atoms. The number of nitrogens with zero attached hydrogens (tertiary/aromatic N) is 2. The van der Waals surface area contributed by atoms with Crippen LogP contribution < -0.4 is 10.6 Å². The number of fused-ring (bicyclic) bond motifs is 1. The largest absolute Gasteiger partial charge is 0.326 e. The Hall–Kier alpha value is -4.06. The lowest BCUT2D eigenvalue weighted by atomic mass is 10.0. The minimum atomic E-state index is -0.192. The first-order chi connectivity index (χ1) is 15.2. The van der Waals surface area contributed by atoms with E-state index in [2.05, 4.69) is 20.6 Å². The van der Waals surface area contributed by atoms with Gasteiger partial charge in [-0.05, 0) is 65.8 Å². The minimum Gasteiger partial charge on any atom is -0.326 e. The molecule has 0 saturated heterocycles. The molecule has 2 aromatic heterocycles. The van der Waals surface area contributed by atoms with Crippen LogP contribution in [-0.2, 0) is 4.79 Å². The van der Waals surface area contributed by atoms with Crippen molar-refractivity contribution in [2.45, 2.75) is 12.3 Å². The van der Waals surface area contributed by atoms with Crippen LogP contribution in [0.25, 0.3) is 10.8 Å². The van der Waals surface area contributed by atoms with E-state index in [1.165, 1.54) is 0 Å². The predicted octanol–water partition coefficient (Wildman–Crippen LogP) is 4.62. The molecular weight excluding hydrogens is 388 g/mol. The Kier molecular flexibility index (Phi) is 4.88. The van der Waals surface area contributed by atoms with Gasteiger partial charge in [-0.3, -0.25) is 19.6 Å². The number of amides is 2. The van der Waals surface area contributed by atoms with E-state index < -0.39 is 0 Å². The van der Waals surface area contributed by atoms with E-state index in [4.69, 9.17) is 0 Å². The van der Waals surface area contributed by atoms with Crippen LogP contribution in [0.5, 0.6) is 0 Å². The Balaban J connectivity index is 1.25. The third-order valence-corrected chi connectivity index (χ3v) is 5.53. The maximum atomic E-state index is 12.7. The van der Waals surface area contributed by atoms with Gasteiger partial charge in [-0.15, -0.1) is 0 Å². The highest BCUT2D eigenvalue weighted by Crippen LogP contribution is 2.48. The summed E-state index contributed by atoms with van der Waals surface area (Å²) < 4.78 is 0. The van der Waals surface area contributed by atoms with Crippen molar-refractivity contribution in [3.8, 4) is 0 Å². The van der Waals surface area contributed by atoms with E-state index in [-0.39, 0.29) is 23.7 Å². The van der Waals surface area contributed by atoms with Crippen molar-refractivity contribution in [2.75, 3.05) is 10.6 Å². The number of hydrogen-bond acceptors (Lipinski definition) is 4. The fourth-order valence-electron chi connectivity index (χ4n) is 3.80. The molecule has 1 aliphatic carbocycles. The molecule has 0 unspecified atom stereocenters. The summed E-state index contributed by atoms with van der Waals surface area (Å²) in [5.74, 6) is -0.161. The van der Waals surface area contributed by atoms with Crippen molar-refractivity contribution in [1.29, 1.82) is 0 Å². The molecule has 0 radical (unpaired) electrons. The molecule has 5 rings (SSSR count). The molecule has 0 aliphatic heterocycles. The molecule has 1 fully saturated rings. The maximum Gasteiger partial charge on any atom is 0.255 e. The Bertz CT molecular complexity index is 1270. The molecule has 2 aromatic carbocycles. The van der Waals surface area contributed by atoms with Crippen molar-refractivity contribution in [3.05, 3.63) is 96.6 Å². The van der Waals surface area contributed by atoms with E-state index in [1.54, 1.807) is 43.0 Å². The molecule has 0 spiro atoms. The molecule has 152 valence electrons. The lowest BCUT2D eigenvalue weighted by Crippen LogP contribution is -2.15. The van der Waals surface area contributed by atoms with Gasteiger partial charge in [-0.25, -0.2) is 0 Å². The molecule has 31 heavy (non-hydrogen) atoms. The van der Waals surface area contributed by atoms with E-state index in [1.807, 2.05) is 42.5 Å². The molecule has 1 saturated carbocycles. The molecule has 6 heteroatoms. The SMILES string of the molecule is O=C(Nc1cccnc1)c1cccc([C@@H]2C[C@H]2C(=O)Nc2ccc3cnccc3c2)c1. The second kappa shape index (κ2) is 7.99. The van der Waals surface area contributed by atoms with Crippen molar-refractivity contribution < 1.29 is 9.59 Å². The zero-order valence-corrected chi connectivity index (χ0v) is 16.7. The first-order valence-corrected chi connectivity index (χ1v) is 10.1. The van der Waals surface area contributed by atoms with Crippen LogP contribution in [-0.4, -0.2) is 21.8 Å². The molecule has 2 amide bonds. The highest BCUT2D eigenvalue weighted by atomic mass is 16.2. The number of nitrogens with one attached hydrogen (secondary N) is 2. The quantitative estimate of drug-likeness (QED) is 0.505. The molecule has 2 atom stereocenters. The standard InChI is InChI=1S/C25H20N4O2/c30-24(29-21-5-2-9-26-15-21)18-4-1-3-17(11-18)22-13-23(22)25(31)28-20-7-6-19-14-27-10-8-16(19)12-20/h1-12,14-15,22-23H,13H2,(H,28,31)(H,29,30)/t22-,23+/m0/s1. The monoisotopic (exact) mass is 408 g/mol. The number of rotatable bonds is 5. The van der Waals surface area contributed by atoms with Gasteiger partial charge in [0.2, 0.25) is 5.91 Å². The zero-order valence-electron chi connectivity index (χ0n) is 16.7. The third-order valence-electron chi connectivity index (χ3n) is 5.53. The Morgan fingerprint density at radius 3 is 2.58 bits per heavy atom. The minimum absolute atomic E-state index is 0.00335. The number of hydrogen-bond donors (Lipinski definition) is 2. The number of carbonyl (C=O) groups excluding carboxylic acids is 2. The van der Waals surface area contributed by atoms with Gasteiger partial charge in [0, 0.05) is 41.1 Å². The van der Waals surface area contributed by atoms with Crippen molar-refractivity contribution in [1.82, 2.24) is 9.97 Å². The van der Waals surface area contributed by atoms with Crippen LogP contribution in [0, 0.1) is 5.92 Å². The zero-order chi connectivity index (χ0) is 21.2. The highest BCUT2D eigenvalue weighted by Gasteiger charge is 2.44. The van der Waals surface area contributed by atoms with E-state index >= 15 is 0 Å². The van der Waals surface area contributed by atoms with Crippen LogP contribution in [0.4, 0.5) is 11.4 Å². The van der Waals surface area contributed by atoms with Gasteiger partial charge in [-0.1, -0.05) is 18.2 Å². The molecule has 2 heterocycles. The number of aromatic nitrogens is 2. The summed E-state index contributed by atoms with van der Waals surface area (Å²) in [6, 6.07) is 18.8. The van der Waals surface area contributed by atoms with E-state index in [9.17, 15) is 9.59 Å². The summed E-state index contributed by atoms with van der Waals surface area (Å²) in [5, 5.41) is 7.93. The van der Waals surface area contributed by atoms with Gasteiger partial charge in [0.25, 0.3) is 5.91 Å².